The molecular formula is C26H50O4. The second-order valence-corrected chi connectivity index (χ2v) is 8.60. The largest absolute Gasteiger partial charge is 0.466 e. The summed E-state index contributed by atoms with van der Waals surface area (Å²) in [6, 6.07) is 0. The molecule has 4 heteroatoms. The molecule has 0 bridgehead atoms. The summed E-state index contributed by atoms with van der Waals surface area (Å²) in [5.74, 6) is -0.199. The van der Waals surface area contributed by atoms with Gasteiger partial charge in [-0.15, -0.1) is 0 Å². The van der Waals surface area contributed by atoms with Crippen LogP contribution >= 0.6 is 0 Å². The first-order valence-corrected chi connectivity index (χ1v) is 13.0. The number of carbonyl (C=O) groups is 2. The first kappa shape index (κ1) is 28.9. The highest BCUT2D eigenvalue weighted by atomic mass is 16.5. The van der Waals surface area contributed by atoms with Crippen molar-refractivity contribution < 1.29 is 19.1 Å². The number of hydrogen-bond donors (Lipinski definition) is 0. The minimum Gasteiger partial charge on any atom is -0.466 e. The van der Waals surface area contributed by atoms with Crippen molar-refractivity contribution in [3.63, 3.8) is 0 Å². The minimum absolute atomic E-state index is 0.0967. The van der Waals surface area contributed by atoms with Crippen LogP contribution in [0, 0.1) is 0 Å². The Morgan fingerprint density at radius 2 is 0.733 bits per heavy atom. The molecule has 0 aromatic heterocycles. The van der Waals surface area contributed by atoms with Crippen molar-refractivity contribution in [1.82, 2.24) is 0 Å². The van der Waals surface area contributed by atoms with Crippen molar-refractivity contribution in [1.29, 1.82) is 0 Å². The molecule has 0 saturated heterocycles. The van der Waals surface area contributed by atoms with Crippen LogP contribution in [0.15, 0.2) is 0 Å². The van der Waals surface area contributed by atoms with Gasteiger partial charge >= 0.3 is 11.9 Å². The Labute approximate surface area is 186 Å². The number of hydrogen-bond acceptors (Lipinski definition) is 4. The number of esters is 2. The third-order valence-corrected chi connectivity index (χ3v) is 5.53. The molecule has 0 aliphatic heterocycles. The number of unbranched alkanes of at least 4 members (excludes halogenated alkanes) is 15. The predicted molar refractivity (Wildman–Crippen MR) is 126 cm³/mol. The molecule has 30 heavy (non-hydrogen) atoms. The smallest absolute Gasteiger partial charge is 0.305 e. The molecule has 0 N–H and O–H groups in total. The maximum absolute atomic E-state index is 11.7. The molecule has 0 atom stereocenters. The van der Waals surface area contributed by atoms with Crippen LogP contribution in [0.1, 0.15) is 142 Å². The Balaban J connectivity index is 3.27. The molecule has 0 fully saturated rings. The van der Waals surface area contributed by atoms with Crippen LogP contribution in [0.2, 0.25) is 0 Å². The van der Waals surface area contributed by atoms with E-state index in [2.05, 4.69) is 13.8 Å². The van der Waals surface area contributed by atoms with E-state index >= 15 is 0 Å². The van der Waals surface area contributed by atoms with Gasteiger partial charge in [0.25, 0.3) is 0 Å². The van der Waals surface area contributed by atoms with Crippen molar-refractivity contribution in [3.05, 3.63) is 0 Å². The van der Waals surface area contributed by atoms with E-state index in [9.17, 15) is 9.59 Å². The van der Waals surface area contributed by atoms with Crippen LogP contribution in [-0.2, 0) is 19.1 Å². The highest BCUT2D eigenvalue weighted by Gasteiger charge is 2.05. The SMILES string of the molecule is CCCCCCCCCCCCOC(=O)CCCCCC(=O)OCCCCCCC. The van der Waals surface area contributed by atoms with Crippen LogP contribution in [-0.4, -0.2) is 25.2 Å². The molecule has 0 rings (SSSR count). The van der Waals surface area contributed by atoms with Crippen LogP contribution in [0.5, 0.6) is 0 Å². The lowest BCUT2D eigenvalue weighted by Crippen LogP contribution is -2.07. The highest BCUT2D eigenvalue weighted by molar-refractivity contribution is 5.69. The average molecular weight is 427 g/mol. The van der Waals surface area contributed by atoms with Crippen molar-refractivity contribution in [3.8, 4) is 0 Å². The average Bonchev–Trinajstić information content (AvgIpc) is 2.74. The fourth-order valence-electron chi connectivity index (χ4n) is 3.53. The number of rotatable bonds is 23. The fourth-order valence-corrected chi connectivity index (χ4v) is 3.53. The second kappa shape index (κ2) is 24.2. The van der Waals surface area contributed by atoms with Gasteiger partial charge in [0.15, 0.2) is 0 Å². The molecule has 178 valence electrons. The first-order chi connectivity index (χ1) is 14.7. The quantitative estimate of drug-likeness (QED) is 0.123. The Morgan fingerprint density at radius 1 is 0.433 bits per heavy atom. The lowest BCUT2D eigenvalue weighted by Gasteiger charge is -2.06. The molecule has 0 aliphatic carbocycles. The first-order valence-electron chi connectivity index (χ1n) is 13.0. The maximum atomic E-state index is 11.7. The van der Waals surface area contributed by atoms with Gasteiger partial charge in [-0.2, -0.15) is 0 Å². The molecule has 0 aromatic rings. The molecule has 4 nitrogen and oxygen atoms in total. The maximum Gasteiger partial charge on any atom is 0.305 e. The third kappa shape index (κ3) is 23.2. The van der Waals surface area contributed by atoms with Gasteiger partial charge in [0.1, 0.15) is 0 Å². The van der Waals surface area contributed by atoms with Gasteiger partial charge in [0.2, 0.25) is 0 Å². The Morgan fingerprint density at radius 3 is 1.10 bits per heavy atom. The topological polar surface area (TPSA) is 52.6 Å². The zero-order chi connectivity index (χ0) is 22.1. The molecule has 0 radical (unpaired) electrons. The monoisotopic (exact) mass is 426 g/mol. The third-order valence-electron chi connectivity index (χ3n) is 5.53. The fraction of sp³-hybridized carbons (Fsp3) is 0.923. The second-order valence-electron chi connectivity index (χ2n) is 8.60. The number of ether oxygens (including phenoxy) is 2. The zero-order valence-corrected chi connectivity index (χ0v) is 20.2. The van der Waals surface area contributed by atoms with E-state index in [4.69, 9.17) is 9.47 Å². The highest BCUT2D eigenvalue weighted by Crippen LogP contribution is 2.11. The van der Waals surface area contributed by atoms with Crippen molar-refractivity contribution in [2.24, 2.45) is 0 Å². The molecule has 0 unspecified atom stereocenters. The van der Waals surface area contributed by atoms with Crippen LogP contribution in [0.25, 0.3) is 0 Å². The van der Waals surface area contributed by atoms with E-state index in [-0.39, 0.29) is 11.9 Å². The van der Waals surface area contributed by atoms with Gasteiger partial charge in [-0.1, -0.05) is 104 Å². The Kier molecular flexibility index (Phi) is 23.4. The predicted octanol–water partition coefficient (Wildman–Crippen LogP) is 7.91. The lowest BCUT2D eigenvalue weighted by atomic mass is 10.1. The zero-order valence-electron chi connectivity index (χ0n) is 20.2. The van der Waals surface area contributed by atoms with E-state index < -0.39 is 0 Å². The summed E-state index contributed by atoms with van der Waals surface area (Å²) in [5.41, 5.74) is 0. The van der Waals surface area contributed by atoms with E-state index in [1.807, 2.05) is 0 Å². The van der Waals surface area contributed by atoms with Gasteiger partial charge < -0.3 is 9.47 Å². The van der Waals surface area contributed by atoms with E-state index in [0.29, 0.717) is 26.1 Å². The van der Waals surface area contributed by atoms with Crippen molar-refractivity contribution >= 4 is 11.9 Å². The van der Waals surface area contributed by atoms with Gasteiger partial charge in [-0.25, -0.2) is 0 Å². The van der Waals surface area contributed by atoms with Crippen molar-refractivity contribution in [2.75, 3.05) is 13.2 Å². The summed E-state index contributed by atoms with van der Waals surface area (Å²) < 4.78 is 10.5. The molecular weight excluding hydrogens is 376 g/mol. The van der Waals surface area contributed by atoms with Crippen LogP contribution < -0.4 is 0 Å². The molecule has 0 aliphatic rings. The number of carbonyl (C=O) groups excluding carboxylic acids is 2. The van der Waals surface area contributed by atoms with E-state index in [1.165, 1.54) is 70.6 Å². The Hall–Kier alpha value is -1.06. The molecule has 0 spiro atoms. The van der Waals surface area contributed by atoms with E-state index in [0.717, 1.165) is 44.9 Å². The molecule has 0 heterocycles. The van der Waals surface area contributed by atoms with Gasteiger partial charge in [-0.05, 0) is 25.7 Å². The van der Waals surface area contributed by atoms with Crippen LogP contribution in [0.4, 0.5) is 0 Å². The molecule has 0 aromatic carbocycles. The van der Waals surface area contributed by atoms with Gasteiger partial charge in [0.05, 0.1) is 13.2 Å². The lowest BCUT2D eigenvalue weighted by molar-refractivity contribution is -0.144. The molecule has 0 saturated carbocycles. The summed E-state index contributed by atoms with van der Waals surface area (Å²) in [6.07, 6.45) is 22.1. The summed E-state index contributed by atoms with van der Waals surface area (Å²) in [7, 11) is 0. The van der Waals surface area contributed by atoms with Crippen LogP contribution in [0.3, 0.4) is 0 Å². The standard InChI is InChI=1S/C26H50O4/c1-3-5-7-9-10-11-12-13-15-20-24-30-26(28)22-18-16-17-21-25(27)29-23-19-14-8-6-4-2/h3-24H2,1-2H3. The summed E-state index contributed by atoms with van der Waals surface area (Å²) in [6.45, 7) is 5.55. The van der Waals surface area contributed by atoms with Crippen molar-refractivity contribution in [2.45, 2.75) is 142 Å². The Bertz CT molecular complexity index is 381. The normalized spacial score (nSPS) is 10.9. The van der Waals surface area contributed by atoms with Gasteiger partial charge in [0, 0.05) is 12.8 Å². The van der Waals surface area contributed by atoms with E-state index in [1.54, 1.807) is 0 Å². The summed E-state index contributed by atoms with van der Waals surface area (Å²) >= 11 is 0. The summed E-state index contributed by atoms with van der Waals surface area (Å²) in [5, 5.41) is 0. The van der Waals surface area contributed by atoms with Gasteiger partial charge in [-0.3, -0.25) is 9.59 Å². The summed E-state index contributed by atoms with van der Waals surface area (Å²) in [4.78, 5) is 23.4. The minimum atomic E-state index is -0.103. The molecule has 0 amide bonds.